The second-order valence-corrected chi connectivity index (χ2v) is 5.20. The molecule has 0 aliphatic carbocycles. The lowest BCUT2D eigenvalue weighted by atomic mass is 10.3. The fraction of sp³-hybridized carbons (Fsp3) is 0.429. The molecule has 0 spiro atoms. The summed E-state index contributed by atoms with van der Waals surface area (Å²) in [5.41, 5.74) is 0.438. The molecule has 2 aliphatic heterocycles. The molecule has 1 saturated heterocycles. The highest BCUT2D eigenvalue weighted by atomic mass is 33.1. The number of carbonyl (C=O) groups is 2. The van der Waals surface area contributed by atoms with Crippen molar-refractivity contribution >= 4 is 33.4 Å². The van der Waals surface area contributed by atoms with Crippen LogP contribution in [0.25, 0.3) is 0 Å². The first-order valence-corrected chi connectivity index (χ1v) is 6.12. The number of nitrogens with one attached hydrogen (secondary N) is 2. The van der Waals surface area contributed by atoms with Gasteiger partial charge in [0.2, 0.25) is 5.91 Å². The maximum Gasteiger partial charge on any atom is 0.269 e. The second-order valence-electron chi connectivity index (χ2n) is 2.81. The van der Waals surface area contributed by atoms with Crippen LogP contribution in [-0.2, 0) is 9.59 Å². The zero-order chi connectivity index (χ0) is 9.42. The highest BCUT2D eigenvalue weighted by Crippen LogP contribution is 2.44. The van der Waals surface area contributed by atoms with Gasteiger partial charge in [-0.05, 0) is 0 Å². The lowest BCUT2D eigenvalue weighted by Crippen LogP contribution is -2.31. The van der Waals surface area contributed by atoms with E-state index >= 15 is 0 Å². The van der Waals surface area contributed by atoms with Crippen molar-refractivity contribution in [2.45, 2.75) is 13.0 Å². The van der Waals surface area contributed by atoms with Crippen molar-refractivity contribution in [3.05, 3.63) is 10.6 Å². The number of carbonyl (C=O) groups excluding carboxylic acids is 2. The molecule has 70 valence electrons. The molecule has 0 aromatic rings. The quantitative estimate of drug-likeness (QED) is 0.616. The lowest BCUT2D eigenvalue weighted by Gasteiger charge is -2.01. The van der Waals surface area contributed by atoms with E-state index in [2.05, 4.69) is 10.6 Å². The van der Waals surface area contributed by atoms with E-state index < -0.39 is 0 Å². The first-order chi connectivity index (χ1) is 6.18. The predicted octanol–water partition coefficient (Wildman–Crippen LogP) is 0.227. The van der Waals surface area contributed by atoms with E-state index in [0.29, 0.717) is 5.70 Å². The summed E-state index contributed by atoms with van der Waals surface area (Å²) in [4.78, 5) is 23.1. The summed E-state index contributed by atoms with van der Waals surface area (Å²) in [5.74, 6) is 0.522. The van der Waals surface area contributed by atoms with E-state index in [1.165, 1.54) is 6.92 Å². The normalized spacial score (nSPS) is 25.9. The molecule has 13 heavy (non-hydrogen) atoms. The van der Waals surface area contributed by atoms with E-state index in [1.54, 1.807) is 21.6 Å². The van der Waals surface area contributed by atoms with E-state index in [1.807, 2.05) is 0 Å². The Labute approximate surface area is 83.3 Å². The molecule has 1 unspecified atom stereocenters. The van der Waals surface area contributed by atoms with Crippen LogP contribution in [-0.4, -0.2) is 23.6 Å². The standard InChI is InChI=1S/C7H8N2O2S2/c1-3(10)8-5-6-4(2-12-13-6)9-7(5)11/h4H,2H2,1H3,(H,8,10)(H,9,11). The Morgan fingerprint density at radius 3 is 3.15 bits per heavy atom. The highest BCUT2D eigenvalue weighted by molar-refractivity contribution is 8.78. The van der Waals surface area contributed by atoms with E-state index in [4.69, 9.17) is 0 Å². The zero-order valence-electron chi connectivity index (χ0n) is 6.92. The van der Waals surface area contributed by atoms with Crippen LogP contribution in [0.4, 0.5) is 0 Å². The first kappa shape index (κ1) is 8.96. The fourth-order valence-electron chi connectivity index (χ4n) is 1.26. The Bertz CT molecular complexity index is 314. The number of rotatable bonds is 1. The second kappa shape index (κ2) is 3.26. The molecular formula is C7H8N2O2S2. The summed E-state index contributed by atoms with van der Waals surface area (Å²) in [6.45, 7) is 1.40. The minimum Gasteiger partial charge on any atom is -0.342 e. The third-order valence-electron chi connectivity index (χ3n) is 1.78. The topological polar surface area (TPSA) is 58.2 Å². The van der Waals surface area contributed by atoms with Crippen molar-refractivity contribution in [3.63, 3.8) is 0 Å². The minimum atomic E-state index is -0.198. The van der Waals surface area contributed by atoms with Gasteiger partial charge < -0.3 is 10.6 Å². The molecule has 6 heteroatoms. The van der Waals surface area contributed by atoms with Crippen LogP contribution in [0.2, 0.25) is 0 Å². The van der Waals surface area contributed by atoms with Crippen LogP contribution >= 0.6 is 21.6 Å². The molecule has 0 bridgehead atoms. The van der Waals surface area contributed by atoms with Gasteiger partial charge in [-0.2, -0.15) is 0 Å². The Morgan fingerprint density at radius 2 is 2.46 bits per heavy atom. The highest BCUT2D eigenvalue weighted by Gasteiger charge is 2.36. The maximum atomic E-state index is 11.3. The van der Waals surface area contributed by atoms with E-state index in [-0.39, 0.29) is 17.9 Å². The van der Waals surface area contributed by atoms with Gasteiger partial charge in [0.15, 0.2) is 0 Å². The lowest BCUT2D eigenvalue weighted by molar-refractivity contribution is -0.122. The number of hydrogen-bond donors (Lipinski definition) is 2. The van der Waals surface area contributed by atoms with Crippen molar-refractivity contribution < 1.29 is 9.59 Å². The van der Waals surface area contributed by atoms with Crippen molar-refractivity contribution in [2.24, 2.45) is 0 Å². The number of amides is 2. The van der Waals surface area contributed by atoms with Gasteiger partial charge in [-0.3, -0.25) is 9.59 Å². The molecule has 2 aliphatic rings. The van der Waals surface area contributed by atoms with Crippen LogP contribution in [0.5, 0.6) is 0 Å². The molecule has 2 rings (SSSR count). The summed E-state index contributed by atoms with van der Waals surface area (Å²) in [6, 6.07) is 0.115. The molecule has 1 atom stereocenters. The third-order valence-corrected chi connectivity index (χ3v) is 4.34. The molecule has 1 fully saturated rings. The molecule has 2 N–H and O–H groups in total. The largest absolute Gasteiger partial charge is 0.342 e. The summed E-state index contributed by atoms with van der Waals surface area (Å²) in [5, 5.41) is 5.36. The molecule has 4 nitrogen and oxygen atoms in total. The van der Waals surface area contributed by atoms with Gasteiger partial charge in [0.1, 0.15) is 5.70 Å². The van der Waals surface area contributed by atoms with Gasteiger partial charge in [0.25, 0.3) is 5.91 Å². The first-order valence-electron chi connectivity index (χ1n) is 3.80. The minimum absolute atomic E-state index is 0.115. The molecular weight excluding hydrogens is 208 g/mol. The predicted molar refractivity (Wildman–Crippen MR) is 52.8 cm³/mol. The number of hydrogen-bond acceptors (Lipinski definition) is 4. The van der Waals surface area contributed by atoms with Crippen molar-refractivity contribution in [1.82, 2.24) is 10.6 Å². The van der Waals surface area contributed by atoms with Gasteiger partial charge >= 0.3 is 0 Å². The van der Waals surface area contributed by atoms with Gasteiger partial charge in [-0.1, -0.05) is 21.6 Å². The molecule has 0 saturated carbocycles. The van der Waals surface area contributed by atoms with Gasteiger partial charge in [0.05, 0.1) is 6.04 Å². The van der Waals surface area contributed by atoms with Crippen LogP contribution in [0.3, 0.4) is 0 Å². The van der Waals surface area contributed by atoms with Gasteiger partial charge in [-0.25, -0.2) is 0 Å². The molecule has 2 amide bonds. The average Bonchev–Trinajstić information content (AvgIpc) is 2.55. The molecule has 0 radical (unpaired) electrons. The van der Waals surface area contributed by atoms with Crippen LogP contribution in [0.15, 0.2) is 10.6 Å². The Balaban J connectivity index is 2.26. The summed E-state index contributed by atoms with van der Waals surface area (Å²) < 4.78 is 0. The zero-order valence-corrected chi connectivity index (χ0v) is 8.55. The fourth-order valence-corrected chi connectivity index (χ4v) is 4.02. The van der Waals surface area contributed by atoms with E-state index in [9.17, 15) is 9.59 Å². The van der Waals surface area contributed by atoms with Crippen LogP contribution in [0.1, 0.15) is 6.92 Å². The van der Waals surface area contributed by atoms with Crippen molar-refractivity contribution in [2.75, 3.05) is 5.75 Å². The summed E-state index contributed by atoms with van der Waals surface area (Å²) in [7, 11) is 3.26. The molecule has 0 aromatic heterocycles. The average molecular weight is 216 g/mol. The Kier molecular flexibility index (Phi) is 2.25. The molecule has 0 aromatic carbocycles. The van der Waals surface area contributed by atoms with Crippen LogP contribution in [0, 0.1) is 0 Å². The van der Waals surface area contributed by atoms with Crippen LogP contribution < -0.4 is 10.6 Å². The Morgan fingerprint density at radius 1 is 1.69 bits per heavy atom. The summed E-state index contributed by atoms with van der Waals surface area (Å²) >= 11 is 0. The molecule has 2 heterocycles. The van der Waals surface area contributed by atoms with Crippen molar-refractivity contribution in [1.29, 1.82) is 0 Å². The monoisotopic (exact) mass is 216 g/mol. The smallest absolute Gasteiger partial charge is 0.269 e. The maximum absolute atomic E-state index is 11.3. The van der Waals surface area contributed by atoms with Gasteiger partial charge in [0, 0.05) is 17.6 Å². The van der Waals surface area contributed by atoms with Gasteiger partial charge in [-0.15, -0.1) is 0 Å². The van der Waals surface area contributed by atoms with Crippen molar-refractivity contribution in [3.8, 4) is 0 Å². The SMILES string of the molecule is CC(=O)NC1=C2SSCC2NC1=O. The summed E-state index contributed by atoms with van der Waals surface area (Å²) in [6.07, 6.45) is 0. The number of fused-ring (bicyclic) bond motifs is 1. The van der Waals surface area contributed by atoms with E-state index in [0.717, 1.165) is 10.7 Å². The Hall–Kier alpha value is -0.620. The third kappa shape index (κ3) is 1.55.